The molecule has 2 nitrogen and oxygen atoms in total. The molecule has 0 unspecified atom stereocenters. The van der Waals surface area contributed by atoms with Crippen molar-refractivity contribution in [1.29, 1.82) is 0 Å². The third kappa shape index (κ3) is 5.66. The van der Waals surface area contributed by atoms with E-state index in [4.69, 9.17) is 0 Å². The molecule has 1 aliphatic rings. The van der Waals surface area contributed by atoms with Gasteiger partial charge in [-0.25, -0.2) is 0 Å². The molecule has 0 saturated carbocycles. The van der Waals surface area contributed by atoms with Crippen LogP contribution in [0.25, 0.3) is 61.2 Å². The number of hydrogen-bond donors (Lipinski definition) is 0. The average molecular weight is 705 g/mol. The monoisotopic (exact) mass is 704 g/mol. The minimum Gasteiger partial charge on any atom is -0.310 e. The first-order valence-corrected chi connectivity index (χ1v) is 19.1. The molecule has 0 N–H and O–H groups in total. The Kier molecular flexibility index (Phi) is 7.85. The molecule has 0 radical (unpaired) electrons. The van der Waals surface area contributed by atoms with Gasteiger partial charge >= 0.3 is 0 Å². The molecular weight excluding hydrogens is 665 g/mol. The first-order chi connectivity index (χ1) is 27.0. The molecule has 2 heteroatoms. The summed E-state index contributed by atoms with van der Waals surface area (Å²) in [6, 6.07) is 75.1. The molecule has 55 heavy (non-hydrogen) atoms. The molecule has 262 valence electrons. The van der Waals surface area contributed by atoms with Gasteiger partial charge in [0, 0.05) is 33.6 Å². The number of nitrogens with zero attached hydrogens (tertiary/aromatic N) is 2. The lowest BCUT2D eigenvalue weighted by atomic mass is 9.82. The van der Waals surface area contributed by atoms with Gasteiger partial charge in [-0.2, -0.15) is 0 Å². The fraction of sp³-hybridized carbons (Fsp3) is 0.0566. The van der Waals surface area contributed by atoms with Crippen molar-refractivity contribution in [2.75, 3.05) is 4.90 Å². The second-order valence-electron chi connectivity index (χ2n) is 15.0. The zero-order valence-corrected chi connectivity index (χ0v) is 31.0. The summed E-state index contributed by atoms with van der Waals surface area (Å²) < 4.78 is 2.39. The van der Waals surface area contributed by atoms with E-state index in [9.17, 15) is 0 Å². The normalized spacial score (nSPS) is 12.7. The lowest BCUT2D eigenvalue weighted by Gasteiger charge is -2.28. The summed E-state index contributed by atoms with van der Waals surface area (Å²) in [5, 5.41) is 1.23. The Morgan fingerprint density at radius 2 is 0.964 bits per heavy atom. The van der Waals surface area contributed by atoms with Crippen LogP contribution >= 0.6 is 0 Å². The summed E-state index contributed by atoms with van der Waals surface area (Å²) in [5.74, 6) is 0. The quantitative estimate of drug-likeness (QED) is 0.160. The second-order valence-corrected chi connectivity index (χ2v) is 15.0. The van der Waals surface area contributed by atoms with Crippen LogP contribution in [0.4, 0.5) is 17.1 Å². The van der Waals surface area contributed by atoms with Gasteiger partial charge in [0.2, 0.25) is 0 Å². The van der Waals surface area contributed by atoms with Crippen LogP contribution < -0.4 is 4.90 Å². The number of rotatable bonds is 7. The Hall–Kier alpha value is -6.90. The van der Waals surface area contributed by atoms with Crippen LogP contribution in [0.1, 0.15) is 25.0 Å². The van der Waals surface area contributed by atoms with E-state index >= 15 is 0 Å². The number of hydrogen-bond acceptors (Lipinski definition) is 1. The molecule has 0 amide bonds. The van der Waals surface area contributed by atoms with E-state index in [-0.39, 0.29) is 5.41 Å². The first kappa shape index (κ1) is 32.7. The van der Waals surface area contributed by atoms with Crippen LogP contribution in [0.5, 0.6) is 0 Å². The van der Waals surface area contributed by atoms with Crippen molar-refractivity contribution in [3.63, 3.8) is 0 Å². The number of benzene rings is 8. The van der Waals surface area contributed by atoms with Crippen molar-refractivity contribution in [1.82, 2.24) is 4.57 Å². The third-order valence-electron chi connectivity index (χ3n) is 11.4. The zero-order valence-electron chi connectivity index (χ0n) is 31.0. The van der Waals surface area contributed by atoms with Gasteiger partial charge < -0.3 is 9.47 Å². The van der Waals surface area contributed by atoms with E-state index in [1.807, 2.05) is 0 Å². The largest absolute Gasteiger partial charge is 0.310 e. The molecule has 0 saturated heterocycles. The molecule has 0 spiro atoms. The van der Waals surface area contributed by atoms with Crippen molar-refractivity contribution in [3.05, 3.63) is 217 Å². The van der Waals surface area contributed by atoms with E-state index in [1.54, 1.807) is 0 Å². The molecule has 8 aromatic carbocycles. The Morgan fingerprint density at radius 3 is 1.76 bits per heavy atom. The van der Waals surface area contributed by atoms with Gasteiger partial charge in [0.05, 0.1) is 11.2 Å². The van der Waals surface area contributed by atoms with Gasteiger partial charge in [0.25, 0.3) is 0 Å². The van der Waals surface area contributed by atoms with Crippen LogP contribution in [-0.4, -0.2) is 4.57 Å². The van der Waals surface area contributed by atoms with Gasteiger partial charge in [-0.1, -0.05) is 159 Å². The second kappa shape index (κ2) is 13.2. The van der Waals surface area contributed by atoms with Crippen molar-refractivity contribution in [3.8, 4) is 50.3 Å². The van der Waals surface area contributed by atoms with E-state index in [1.165, 1.54) is 61.1 Å². The number of para-hydroxylation sites is 1. The third-order valence-corrected chi connectivity index (χ3v) is 11.4. The van der Waals surface area contributed by atoms with Gasteiger partial charge in [0.1, 0.15) is 0 Å². The predicted octanol–water partition coefficient (Wildman–Crippen LogP) is 14.4. The van der Waals surface area contributed by atoms with E-state index in [2.05, 4.69) is 230 Å². The van der Waals surface area contributed by atoms with E-state index in [0.717, 1.165) is 28.3 Å². The van der Waals surface area contributed by atoms with Crippen molar-refractivity contribution >= 4 is 28.0 Å². The summed E-state index contributed by atoms with van der Waals surface area (Å²) >= 11 is 0. The maximum absolute atomic E-state index is 2.41. The maximum atomic E-state index is 2.41. The Morgan fingerprint density at radius 1 is 0.382 bits per heavy atom. The molecule has 1 aliphatic carbocycles. The van der Waals surface area contributed by atoms with Crippen LogP contribution in [0.2, 0.25) is 0 Å². The van der Waals surface area contributed by atoms with Crippen molar-refractivity contribution in [2.24, 2.45) is 0 Å². The Bertz CT molecular complexity index is 2830. The predicted molar refractivity (Wildman–Crippen MR) is 232 cm³/mol. The number of anilines is 3. The SMILES string of the molecule is CC1(C)c2ccccc2-c2ccc(N(c3ccc(-c4ccccc4)cc3)c3cccc(-c4cccc(-n5c(-c6ccccc6)cc6ccccc65)c4)c3)cc21. The standard InChI is InChI=1S/C53H40N2/c1-53(2)49-25-11-10-24-47(49)48-32-31-46(36-50(48)53)54(43-29-27-38(28-30-43)37-15-5-3-6-16-37)44-22-13-20-40(33-44)41-21-14-23-45(34-41)55-51-26-12-9-19-42(51)35-52(55)39-17-7-4-8-18-39/h3-36H,1-2H3. The molecular formula is C53H40N2. The summed E-state index contributed by atoms with van der Waals surface area (Å²) in [5.41, 5.74) is 18.1. The molecule has 9 aromatic rings. The fourth-order valence-corrected chi connectivity index (χ4v) is 8.62. The molecule has 1 heterocycles. The summed E-state index contributed by atoms with van der Waals surface area (Å²) in [6.45, 7) is 4.70. The molecule has 0 fully saturated rings. The molecule has 0 atom stereocenters. The van der Waals surface area contributed by atoms with E-state index in [0.29, 0.717) is 0 Å². The highest BCUT2D eigenvalue weighted by Crippen LogP contribution is 2.50. The molecule has 0 bridgehead atoms. The van der Waals surface area contributed by atoms with Gasteiger partial charge in [0.15, 0.2) is 0 Å². The van der Waals surface area contributed by atoms with Crippen LogP contribution in [0.3, 0.4) is 0 Å². The minimum atomic E-state index is -0.103. The molecule has 0 aliphatic heterocycles. The van der Waals surface area contributed by atoms with Gasteiger partial charge in [-0.05, 0) is 111 Å². The lowest BCUT2D eigenvalue weighted by Crippen LogP contribution is -2.16. The first-order valence-electron chi connectivity index (χ1n) is 19.1. The molecule has 10 rings (SSSR count). The average Bonchev–Trinajstić information content (AvgIpc) is 3.75. The smallest absolute Gasteiger partial charge is 0.0540 e. The highest BCUT2D eigenvalue weighted by molar-refractivity contribution is 5.90. The van der Waals surface area contributed by atoms with Gasteiger partial charge in [-0.3, -0.25) is 0 Å². The van der Waals surface area contributed by atoms with Gasteiger partial charge in [-0.15, -0.1) is 0 Å². The molecule has 1 aromatic heterocycles. The maximum Gasteiger partial charge on any atom is 0.0540 e. The Labute approximate surface area is 323 Å². The van der Waals surface area contributed by atoms with Crippen LogP contribution in [-0.2, 0) is 5.41 Å². The summed E-state index contributed by atoms with van der Waals surface area (Å²) in [6.07, 6.45) is 0. The highest BCUT2D eigenvalue weighted by Gasteiger charge is 2.35. The minimum absolute atomic E-state index is 0.103. The highest BCUT2D eigenvalue weighted by atomic mass is 15.1. The van der Waals surface area contributed by atoms with E-state index < -0.39 is 0 Å². The number of aromatic nitrogens is 1. The lowest BCUT2D eigenvalue weighted by molar-refractivity contribution is 0.660. The Balaban J connectivity index is 1.10. The summed E-state index contributed by atoms with van der Waals surface area (Å²) in [4.78, 5) is 2.41. The number of fused-ring (bicyclic) bond motifs is 4. The zero-order chi connectivity index (χ0) is 36.9. The fourth-order valence-electron chi connectivity index (χ4n) is 8.62. The summed E-state index contributed by atoms with van der Waals surface area (Å²) in [7, 11) is 0. The topological polar surface area (TPSA) is 8.17 Å². The van der Waals surface area contributed by atoms with Crippen molar-refractivity contribution < 1.29 is 0 Å². The van der Waals surface area contributed by atoms with Crippen LogP contribution in [0, 0.1) is 0 Å². The van der Waals surface area contributed by atoms with Crippen molar-refractivity contribution in [2.45, 2.75) is 19.3 Å². The van der Waals surface area contributed by atoms with Crippen LogP contribution in [0.15, 0.2) is 206 Å².